The van der Waals surface area contributed by atoms with Gasteiger partial charge in [0.1, 0.15) is 5.82 Å². The number of rotatable bonds is 5. The highest BCUT2D eigenvalue weighted by Crippen LogP contribution is 2.35. The lowest BCUT2D eigenvalue weighted by Gasteiger charge is -2.13. The molecule has 10 heteroatoms. The number of thiazole rings is 1. The lowest BCUT2D eigenvalue weighted by Crippen LogP contribution is -2.24. The summed E-state index contributed by atoms with van der Waals surface area (Å²) in [6.45, 7) is 2.05. The van der Waals surface area contributed by atoms with Crippen LogP contribution in [-0.2, 0) is 11.2 Å². The first-order valence-corrected chi connectivity index (χ1v) is 12.5. The molecule has 1 amide bonds. The molecule has 0 saturated carbocycles. The van der Waals surface area contributed by atoms with Gasteiger partial charge in [-0.3, -0.25) is 14.2 Å². The van der Waals surface area contributed by atoms with E-state index in [0.29, 0.717) is 27.3 Å². The Morgan fingerprint density at radius 1 is 1.22 bits per heavy atom. The Balaban J connectivity index is 1.41. The van der Waals surface area contributed by atoms with Gasteiger partial charge in [-0.15, -0.1) is 11.8 Å². The second kappa shape index (κ2) is 8.68. The Hall–Kier alpha value is -2.69. The average molecular weight is 485 g/mol. The number of halogens is 1. The Morgan fingerprint density at radius 3 is 2.78 bits per heavy atom. The number of carbonyl (C=O) groups is 1. The van der Waals surface area contributed by atoms with Crippen LogP contribution in [-0.4, -0.2) is 31.4 Å². The average Bonchev–Trinajstić information content (AvgIpc) is 3.35. The predicted molar refractivity (Wildman–Crippen MR) is 128 cm³/mol. The van der Waals surface area contributed by atoms with Crippen LogP contribution in [0.25, 0.3) is 15.9 Å². The molecule has 0 fully saturated rings. The first kappa shape index (κ1) is 21.2. The van der Waals surface area contributed by atoms with Crippen LogP contribution in [0.3, 0.4) is 0 Å². The molecular formula is C22H17FN4O2S3. The van der Waals surface area contributed by atoms with Crippen LogP contribution in [0.15, 0.2) is 63.4 Å². The summed E-state index contributed by atoms with van der Waals surface area (Å²) in [7, 11) is 0. The topological polar surface area (TPSA) is 76.9 Å². The van der Waals surface area contributed by atoms with Gasteiger partial charge < -0.3 is 5.32 Å². The zero-order chi connectivity index (χ0) is 22.2. The van der Waals surface area contributed by atoms with Crippen LogP contribution in [0.4, 0.5) is 9.52 Å². The lowest BCUT2D eigenvalue weighted by molar-refractivity contribution is -0.113. The number of hydrogen-bond acceptors (Lipinski definition) is 7. The van der Waals surface area contributed by atoms with Crippen LogP contribution in [0.2, 0.25) is 0 Å². The van der Waals surface area contributed by atoms with Crippen LogP contribution < -0.4 is 10.9 Å². The van der Waals surface area contributed by atoms with Gasteiger partial charge in [0.2, 0.25) is 5.91 Å². The molecule has 162 valence electrons. The van der Waals surface area contributed by atoms with Crippen molar-refractivity contribution in [3.63, 3.8) is 0 Å². The monoisotopic (exact) mass is 484 g/mol. The van der Waals surface area contributed by atoms with Crippen molar-refractivity contribution in [1.82, 2.24) is 14.5 Å². The summed E-state index contributed by atoms with van der Waals surface area (Å²) in [5, 5.41) is 4.02. The van der Waals surface area contributed by atoms with Gasteiger partial charge in [-0.1, -0.05) is 42.2 Å². The minimum Gasteiger partial charge on any atom is -0.301 e. The SMILES string of the molecule is CC1Cc2nc(SCC(=O)Nc3nc4ccccc4s3)n(-c3ccc(F)cc3)c(=O)c2S1. The number of nitrogens with zero attached hydrogens (tertiary/aromatic N) is 3. The second-order valence-electron chi connectivity index (χ2n) is 7.24. The van der Waals surface area contributed by atoms with E-state index in [1.807, 2.05) is 31.2 Å². The Morgan fingerprint density at radius 2 is 2.00 bits per heavy atom. The molecule has 5 rings (SSSR count). The van der Waals surface area contributed by atoms with Gasteiger partial charge >= 0.3 is 0 Å². The number of aromatic nitrogens is 3. The molecule has 0 aliphatic carbocycles. The van der Waals surface area contributed by atoms with Gasteiger partial charge in [-0.05, 0) is 36.4 Å². The fourth-order valence-electron chi connectivity index (χ4n) is 3.43. The third-order valence-corrected chi connectivity index (χ3v) is 7.94. The van der Waals surface area contributed by atoms with E-state index in [4.69, 9.17) is 4.98 Å². The van der Waals surface area contributed by atoms with E-state index in [0.717, 1.165) is 15.9 Å². The number of anilines is 1. The zero-order valence-electron chi connectivity index (χ0n) is 16.9. The number of amides is 1. The molecule has 1 aliphatic heterocycles. The highest BCUT2D eigenvalue weighted by molar-refractivity contribution is 8.00. The number of hydrogen-bond donors (Lipinski definition) is 1. The van der Waals surface area contributed by atoms with E-state index in [1.165, 1.54) is 51.6 Å². The molecule has 32 heavy (non-hydrogen) atoms. The van der Waals surface area contributed by atoms with Crippen molar-refractivity contribution in [2.24, 2.45) is 0 Å². The Kier molecular flexibility index (Phi) is 5.75. The zero-order valence-corrected chi connectivity index (χ0v) is 19.3. The molecule has 0 spiro atoms. The fourth-order valence-corrected chi connectivity index (χ4v) is 6.23. The minimum atomic E-state index is -0.386. The molecule has 4 aromatic rings. The molecule has 2 aromatic heterocycles. The van der Waals surface area contributed by atoms with Crippen LogP contribution in [0.1, 0.15) is 12.6 Å². The van der Waals surface area contributed by atoms with Crippen molar-refractivity contribution >= 4 is 56.1 Å². The van der Waals surface area contributed by atoms with E-state index < -0.39 is 0 Å². The molecular weight excluding hydrogens is 467 g/mol. The summed E-state index contributed by atoms with van der Waals surface area (Å²) in [6.07, 6.45) is 0.699. The summed E-state index contributed by atoms with van der Waals surface area (Å²) < 4.78 is 15.9. The largest absolute Gasteiger partial charge is 0.301 e. The van der Waals surface area contributed by atoms with Crippen molar-refractivity contribution < 1.29 is 9.18 Å². The van der Waals surface area contributed by atoms with Gasteiger partial charge in [0.25, 0.3) is 5.56 Å². The van der Waals surface area contributed by atoms with Crippen molar-refractivity contribution in [3.05, 3.63) is 70.4 Å². The molecule has 0 radical (unpaired) electrons. The van der Waals surface area contributed by atoms with E-state index >= 15 is 0 Å². The first-order valence-electron chi connectivity index (χ1n) is 9.84. The number of thioether (sulfide) groups is 2. The minimum absolute atomic E-state index is 0.0606. The normalized spacial score (nSPS) is 15.1. The fraction of sp³-hybridized carbons (Fsp3) is 0.182. The van der Waals surface area contributed by atoms with Gasteiger partial charge in [0.05, 0.1) is 32.2 Å². The van der Waals surface area contributed by atoms with Crippen molar-refractivity contribution in [1.29, 1.82) is 0 Å². The highest BCUT2D eigenvalue weighted by atomic mass is 32.2. The summed E-state index contributed by atoms with van der Waals surface area (Å²) in [6, 6.07) is 13.4. The third-order valence-electron chi connectivity index (χ3n) is 4.84. The number of fused-ring (bicyclic) bond motifs is 2. The maximum absolute atomic E-state index is 13.4. The Labute approximate surface area is 195 Å². The smallest absolute Gasteiger partial charge is 0.272 e. The van der Waals surface area contributed by atoms with Crippen LogP contribution in [0, 0.1) is 5.82 Å². The molecule has 0 bridgehead atoms. The summed E-state index contributed by atoms with van der Waals surface area (Å²) in [4.78, 5) is 35.6. The molecule has 1 N–H and O–H groups in total. The number of nitrogens with one attached hydrogen (secondary N) is 1. The van der Waals surface area contributed by atoms with Crippen molar-refractivity contribution in [2.75, 3.05) is 11.1 Å². The van der Waals surface area contributed by atoms with Gasteiger partial charge in [-0.25, -0.2) is 14.4 Å². The third kappa shape index (κ3) is 4.17. The van der Waals surface area contributed by atoms with Gasteiger partial charge in [-0.2, -0.15) is 0 Å². The molecule has 1 aliphatic rings. The molecule has 1 unspecified atom stereocenters. The summed E-state index contributed by atoms with van der Waals surface area (Å²) in [5.74, 6) is -0.564. The number of para-hydroxylation sites is 1. The van der Waals surface area contributed by atoms with Crippen LogP contribution in [0.5, 0.6) is 0 Å². The van der Waals surface area contributed by atoms with Crippen molar-refractivity contribution in [2.45, 2.75) is 28.6 Å². The maximum atomic E-state index is 13.4. The van der Waals surface area contributed by atoms with E-state index in [1.54, 1.807) is 12.1 Å². The van der Waals surface area contributed by atoms with Gasteiger partial charge in [0, 0.05) is 11.7 Å². The van der Waals surface area contributed by atoms with E-state index in [9.17, 15) is 14.0 Å². The number of carbonyl (C=O) groups excluding carboxylic acids is 1. The van der Waals surface area contributed by atoms with E-state index in [-0.39, 0.29) is 28.3 Å². The number of benzene rings is 2. The lowest BCUT2D eigenvalue weighted by atomic mass is 10.2. The molecule has 1 atom stereocenters. The Bertz CT molecular complexity index is 1350. The molecule has 6 nitrogen and oxygen atoms in total. The van der Waals surface area contributed by atoms with Gasteiger partial charge in [0.15, 0.2) is 10.3 Å². The molecule has 0 saturated heterocycles. The molecule has 3 heterocycles. The summed E-state index contributed by atoms with van der Waals surface area (Å²) >= 11 is 4.08. The van der Waals surface area contributed by atoms with Crippen molar-refractivity contribution in [3.8, 4) is 5.69 Å². The highest BCUT2D eigenvalue weighted by Gasteiger charge is 2.27. The van der Waals surface area contributed by atoms with E-state index in [2.05, 4.69) is 10.3 Å². The predicted octanol–water partition coefficient (Wildman–Crippen LogP) is 4.75. The summed E-state index contributed by atoms with van der Waals surface area (Å²) in [5.41, 5.74) is 1.91. The van der Waals surface area contributed by atoms with Crippen LogP contribution >= 0.6 is 34.9 Å². The molecule has 2 aromatic carbocycles. The maximum Gasteiger partial charge on any atom is 0.272 e. The quantitative estimate of drug-likeness (QED) is 0.325. The standard InChI is InChI=1S/C22H17FN4O2S3/c1-12-10-16-19(31-12)20(29)27(14-8-6-13(23)7-9-14)22(25-16)30-11-18(28)26-21-24-15-4-2-3-5-17(15)32-21/h2-9,12H,10-11H2,1H3,(H,24,26,28). The second-order valence-corrected chi connectivity index (χ2v) is 10.7. The first-order chi connectivity index (χ1) is 15.5.